The number of rotatable bonds is 6. The van der Waals surface area contributed by atoms with Gasteiger partial charge in [0.2, 0.25) is 11.0 Å². The minimum atomic E-state index is -0.0552. The summed E-state index contributed by atoms with van der Waals surface area (Å²) < 4.78 is 4.55. The summed E-state index contributed by atoms with van der Waals surface area (Å²) in [6, 6.07) is 18.6. The molecule has 1 amide bonds. The van der Waals surface area contributed by atoms with Crippen molar-refractivity contribution < 1.29 is 4.79 Å². The number of hydrogen-bond donors (Lipinski definition) is 0. The number of nitrogens with zero attached hydrogens (tertiary/aromatic N) is 4. The molecule has 0 unspecified atom stereocenters. The van der Waals surface area contributed by atoms with E-state index in [0.29, 0.717) is 0 Å². The van der Waals surface area contributed by atoms with E-state index in [1.165, 1.54) is 22.7 Å². The molecule has 4 rings (SSSR count). The third kappa shape index (κ3) is 4.70. The van der Waals surface area contributed by atoms with E-state index in [2.05, 4.69) is 59.5 Å². The van der Waals surface area contributed by atoms with Gasteiger partial charge in [-0.15, -0.1) is 0 Å². The monoisotopic (exact) mass is 420 g/mol. The number of aryl methyl sites for hydroxylation is 1. The van der Waals surface area contributed by atoms with E-state index in [1.807, 2.05) is 23.1 Å². The van der Waals surface area contributed by atoms with Gasteiger partial charge in [-0.05, 0) is 24.5 Å². The molecule has 1 saturated heterocycles. The van der Waals surface area contributed by atoms with Crippen molar-refractivity contribution in [3.8, 4) is 0 Å². The van der Waals surface area contributed by atoms with E-state index in [1.54, 1.807) is 0 Å². The van der Waals surface area contributed by atoms with Crippen molar-refractivity contribution in [2.75, 3.05) is 31.1 Å². The van der Waals surface area contributed by atoms with Crippen LogP contribution in [-0.4, -0.2) is 46.3 Å². The summed E-state index contributed by atoms with van der Waals surface area (Å²) in [5, 5.41) is 0.958. The smallest absolute Gasteiger partial charge is 0.230 e. The second kappa shape index (κ2) is 9.39. The van der Waals surface area contributed by atoms with Gasteiger partial charge < -0.3 is 9.80 Å². The zero-order chi connectivity index (χ0) is 20.9. The summed E-state index contributed by atoms with van der Waals surface area (Å²) in [4.78, 5) is 22.1. The molecular formula is C24H28N4OS. The first-order valence-electron chi connectivity index (χ1n) is 10.6. The van der Waals surface area contributed by atoms with Gasteiger partial charge in [-0.2, -0.15) is 4.37 Å². The van der Waals surface area contributed by atoms with Crippen LogP contribution in [0.2, 0.25) is 0 Å². The molecule has 3 aromatic rings. The average Bonchev–Trinajstić information content (AvgIpc) is 3.25. The van der Waals surface area contributed by atoms with Gasteiger partial charge in [-0.1, -0.05) is 67.1 Å². The fourth-order valence-electron chi connectivity index (χ4n) is 3.91. The number of benzene rings is 2. The van der Waals surface area contributed by atoms with Crippen molar-refractivity contribution in [2.45, 2.75) is 32.6 Å². The molecule has 1 fully saturated rings. The molecule has 0 spiro atoms. The van der Waals surface area contributed by atoms with Crippen LogP contribution in [0.4, 0.5) is 5.13 Å². The summed E-state index contributed by atoms with van der Waals surface area (Å²) in [6.07, 6.45) is 1.58. The summed E-state index contributed by atoms with van der Waals surface area (Å²) >= 11 is 1.46. The highest BCUT2D eigenvalue weighted by atomic mass is 32.1. The van der Waals surface area contributed by atoms with Gasteiger partial charge in [0, 0.05) is 44.1 Å². The number of carbonyl (C=O) groups is 1. The SMILES string of the molecule is CC[C@H](C(=O)N1CCN(c2nc(Cc3ccc(C)cc3)ns2)CC1)c1ccccc1. The number of carbonyl (C=O) groups excluding carboxylic acids is 1. The van der Waals surface area contributed by atoms with E-state index >= 15 is 0 Å². The van der Waals surface area contributed by atoms with Crippen LogP contribution in [0.1, 0.15) is 41.8 Å². The maximum atomic E-state index is 13.1. The summed E-state index contributed by atoms with van der Waals surface area (Å²) in [5.41, 5.74) is 3.60. The Balaban J connectivity index is 1.35. The van der Waals surface area contributed by atoms with Gasteiger partial charge in [0.1, 0.15) is 5.82 Å². The van der Waals surface area contributed by atoms with Crippen molar-refractivity contribution in [1.29, 1.82) is 0 Å². The molecule has 0 N–H and O–H groups in total. The molecule has 1 atom stereocenters. The van der Waals surface area contributed by atoms with Gasteiger partial charge in [0.25, 0.3) is 0 Å². The van der Waals surface area contributed by atoms with Gasteiger partial charge in [0.05, 0.1) is 5.92 Å². The van der Waals surface area contributed by atoms with E-state index < -0.39 is 0 Å². The molecule has 2 heterocycles. The highest BCUT2D eigenvalue weighted by Gasteiger charge is 2.28. The average molecular weight is 421 g/mol. The Morgan fingerprint density at radius 1 is 1.03 bits per heavy atom. The Morgan fingerprint density at radius 3 is 2.40 bits per heavy atom. The number of amides is 1. The number of aromatic nitrogens is 2. The summed E-state index contributed by atoms with van der Waals surface area (Å²) in [5.74, 6) is 1.05. The lowest BCUT2D eigenvalue weighted by Crippen LogP contribution is -2.50. The normalized spacial score (nSPS) is 15.3. The molecule has 2 aromatic carbocycles. The van der Waals surface area contributed by atoms with Crippen molar-refractivity contribution in [3.05, 3.63) is 77.1 Å². The van der Waals surface area contributed by atoms with Crippen LogP contribution in [0.25, 0.3) is 0 Å². The van der Waals surface area contributed by atoms with E-state index in [-0.39, 0.29) is 11.8 Å². The molecule has 1 aromatic heterocycles. The van der Waals surface area contributed by atoms with Crippen LogP contribution < -0.4 is 4.90 Å². The number of hydrogen-bond acceptors (Lipinski definition) is 5. The second-order valence-corrected chi connectivity index (χ2v) is 8.57. The van der Waals surface area contributed by atoms with Crippen molar-refractivity contribution in [2.24, 2.45) is 0 Å². The first kappa shape index (κ1) is 20.5. The lowest BCUT2D eigenvalue weighted by molar-refractivity contribution is -0.133. The molecule has 1 aliphatic rings. The quantitative estimate of drug-likeness (QED) is 0.597. The Hall–Kier alpha value is -2.73. The molecule has 0 bridgehead atoms. The highest BCUT2D eigenvalue weighted by Crippen LogP contribution is 2.25. The third-order valence-electron chi connectivity index (χ3n) is 5.71. The van der Waals surface area contributed by atoms with Gasteiger partial charge in [0.15, 0.2) is 0 Å². The molecule has 0 aliphatic carbocycles. The van der Waals surface area contributed by atoms with Crippen molar-refractivity contribution in [1.82, 2.24) is 14.3 Å². The predicted octanol–water partition coefficient (Wildman–Crippen LogP) is 4.28. The Bertz CT molecular complexity index is 962. The third-order valence-corrected chi connectivity index (χ3v) is 6.53. The fraction of sp³-hybridized carbons (Fsp3) is 0.375. The Morgan fingerprint density at radius 2 is 1.73 bits per heavy atom. The number of anilines is 1. The van der Waals surface area contributed by atoms with Crippen LogP contribution >= 0.6 is 11.5 Å². The molecule has 30 heavy (non-hydrogen) atoms. The zero-order valence-electron chi connectivity index (χ0n) is 17.6. The van der Waals surface area contributed by atoms with Crippen molar-refractivity contribution in [3.63, 3.8) is 0 Å². The minimum absolute atomic E-state index is 0.0552. The molecule has 156 valence electrons. The van der Waals surface area contributed by atoms with Crippen LogP contribution in [0, 0.1) is 6.92 Å². The van der Waals surface area contributed by atoms with Gasteiger partial charge in [-0.25, -0.2) is 4.98 Å². The summed E-state index contributed by atoms with van der Waals surface area (Å²) in [7, 11) is 0. The Labute approximate surface area is 182 Å². The molecule has 6 heteroatoms. The van der Waals surface area contributed by atoms with E-state index in [4.69, 9.17) is 4.98 Å². The lowest BCUT2D eigenvalue weighted by atomic mass is 9.95. The maximum Gasteiger partial charge on any atom is 0.230 e. The molecule has 0 radical (unpaired) electrons. The largest absolute Gasteiger partial charge is 0.343 e. The molecule has 0 saturated carbocycles. The van der Waals surface area contributed by atoms with Crippen LogP contribution in [0.3, 0.4) is 0 Å². The first-order valence-corrected chi connectivity index (χ1v) is 11.4. The molecule has 1 aliphatic heterocycles. The van der Waals surface area contributed by atoms with E-state index in [9.17, 15) is 4.79 Å². The van der Waals surface area contributed by atoms with Crippen LogP contribution in [-0.2, 0) is 11.2 Å². The van der Waals surface area contributed by atoms with Gasteiger partial charge >= 0.3 is 0 Å². The predicted molar refractivity (Wildman–Crippen MR) is 122 cm³/mol. The first-order chi connectivity index (χ1) is 14.6. The topological polar surface area (TPSA) is 49.3 Å². The second-order valence-electron chi connectivity index (χ2n) is 7.84. The Kier molecular flexibility index (Phi) is 6.43. The maximum absolute atomic E-state index is 13.1. The minimum Gasteiger partial charge on any atom is -0.343 e. The van der Waals surface area contributed by atoms with Crippen LogP contribution in [0.15, 0.2) is 54.6 Å². The summed E-state index contributed by atoms with van der Waals surface area (Å²) in [6.45, 7) is 7.24. The molecule has 5 nitrogen and oxygen atoms in total. The zero-order valence-corrected chi connectivity index (χ0v) is 18.4. The fourth-order valence-corrected chi connectivity index (χ4v) is 4.65. The number of piperazine rings is 1. The molecular weight excluding hydrogens is 392 g/mol. The van der Waals surface area contributed by atoms with Gasteiger partial charge in [-0.3, -0.25) is 4.79 Å². The lowest BCUT2D eigenvalue weighted by Gasteiger charge is -2.36. The highest BCUT2D eigenvalue weighted by molar-refractivity contribution is 7.09. The van der Waals surface area contributed by atoms with Crippen LogP contribution in [0.5, 0.6) is 0 Å². The van der Waals surface area contributed by atoms with Crippen molar-refractivity contribution >= 4 is 22.6 Å². The standard InChI is InChI=1S/C24H28N4OS/c1-3-21(20-7-5-4-6-8-20)23(29)27-13-15-28(16-14-27)24-25-22(26-30-24)17-19-11-9-18(2)10-12-19/h4-12,21H,3,13-17H2,1-2H3/t21-/m0/s1. The van der Waals surface area contributed by atoms with E-state index in [0.717, 1.165) is 55.5 Å².